The molecule has 2 N–H and O–H groups in total. The van der Waals surface area contributed by atoms with Crippen LogP contribution in [0.5, 0.6) is 0 Å². The summed E-state index contributed by atoms with van der Waals surface area (Å²) >= 11 is 0. The number of carbonyl (C=O) groups excluding carboxylic acids is 1. The number of rotatable bonds is 5. The first-order chi connectivity index (χ1) is 18.7. The molecule has 5 aromatic rings. The highest BCUT2D eigenvalue weighted by molar-refractivity contribution is 6.04. The highest BCUT2D eigenvalue weighted by Gasteiger charge is 2.22. The third-order valence-corrected chi connectivity index (χ3v) is 6.26. The maximum atomic E-state index is 13.0. The van der Waals surface area contributed by atoms with Crippen LogP contribution >= 0.6 is 0 Å². The summed E-state index contributed by atoms with van der Waals surface area (Å²) < 4.78 is 3.64. The molecule has 5 rings (SSSR count). The van der Waals surface area contributed by atoms with E-state index in [9.17, 15) is 10.1 Å². The molecule has 0 aliphatic rings. The summed E-state index contributed by atoms with van der Waals surface area (Å²) in [5.41, 5.74) is 5.12. The van der Waals surface area contributed by atoms with Crippen LogP contribution in [0.15, 0.2) is 73.3 Å². The molecule has 4 heterocycles. The van der Waals surface area contributed by atoms with Gasteiger partial charge < -0.3 is 10.6 Å². The number of benzene rings is 1. The third-order valence-electron chi connectivity index (χ3n) is 6.26. The van der Waals surface area contributed by atoms with E-state index < -0.39 is 5.41 Å². The molecule has 9 nitrogen and oxygen atoms in total. The van der Waals surface area contributed by atoms with E-state index in [0.29, 0.717) is 17.1 Å². The largest absolute Gasteiger partial charge is 0.350 e. The van der Waals surface area contributed by atoms with Gasteiger partial charge in [0, 0.05) is 30.6 Å². The minimum Gasteiger partial charge on any atom is -0.350 e. The zero-order valence-corrected chi connectivity index (χ0v) is 22.0. The predicted molar refractivity (Wildman–Crippen MR) is 150 cm³/mol. The van der Waals surface area contributed by atoms with E-state index in [-0.39, 0.29) is 5.91 Å². The summed E-state index contributed by atoms with van der Waals surface area (Å²) in [6, 6.07) is 16.7. The van der Waals surface area contributed by atoms with E-state index in [1.165, 1.54) is 0 Å². The molecule has 1 amide bonds. The van der Waals surface area contributed by atoms with Gasteiger partial charge in [-0.3, -0.25) is 13.9 Å². The molecule has 0 saturated carbocycles. The number of nitrogens with one attached hydrogen (secondary N) is 2. The zero-order valence-electron chi connectivity index (χ0n) is 22.0. The van der Waals surface area contributed by atoms with Crippen molar-refractivity contribution in [3.05, 3.63) is 101 Å². The first-order valence-corrected chi connectivity index (χ1v) is 12.3. The molecule has 1 aromatic carbocycles. The summed E-state index contributed by atoms with van der Waals surface area (Å²) in [6.45, 7) is 5.52. The van der Waals surface area contributed by atoms with Gasteiger partial charge in [-0.1, -0.05) is 18.1 Å². The van der Waals surface area contributed by atoms with Crippen molar-refractivity contribution in [1.82, 2.24) is 24.1 Å². The van der Waals surface area contributed by atoms with Gasteiger partial charge in [0.15, 0.2) is 5.65 Å². The van der Waals surface area contributed by atoms with Crippen molar-refractivity contribution in [2.75, 3.05) is 10.6 Å². The summed E-state index contributed by atoms with van der Waals surface area (Å²) in [5, 5.41) is 19.8. The van der Waals surface area contributed by atoms with Crippen molar-refractivity contribution in [3.8, 4) is 17.9 Å². The van der Waals surface area contributed by atoms with E-state index in [2.05, 4.69) is 43.6 Å². The van der Waals surface area contributed by atoms with Crippen molar-refractivity contribution in [3.63, 3.8) is 0 Å². The normalized spacial score (nSPS) is 10.9. The molecular weight excluding hydrogens is 488 g/mol. The highest BCUT2D eigenvalue weighted by atomic mass is 16.1. The Labute approximate surface area is 226 Å². The van der Waals surface area contributed by atoms with E-state index in [4.69, 9.17) is 0 Å². The maximum Gasteiger partial charge on any atom is 0.256 e. The fourth-order valence-corrected chi connectivity index (χ4v) is 3.97. The zero-order chi connectivity index (χ0) is 27.6. The van der Waals surface area contributed by atoms with Gasteiger partial charge in [0.25, 0.3) is 5.91 Å². The van der Waals surface area contributed by atoms with Gasteiger partial charge in [-0.05, 0) is 68.7 Å². The van der Waals surface area contributed by atoms with Crippen molar-refractivity contribution >= 4 is 28.7 Å². The van der Waals surface area contributed by atoms with Crippen LogP contribution in [-0.2, 0) is 12.5 Å². The fraction of sp³-hybridized carbons (Fsp3) is 0.167. The van der Waals surface area contributed by atoms with E-state index in [1.807, 2.05) is 49.0 Å². The van der Waals surface area contributed by atoms with Gasteiger partial charge >= 0.3 is 0 Å². The second-order valence-electron chi connectivity index (χ2n) is 9.67. The van der Waals surface area contributed by atoms with Crippen LogP contribution in [0.25, 0.3) is 5.65 Å². The van der Waals surface area contributed by atoms with E-state index in [1.54, 1.807) is 61.3 Å². The van der Waals surface area contributed by atoms with E-state index >= 15 is 0 Å². The lowest BCUT2D eigenvalue weighted by atomic mass is 9.91. The van der Waals surface area contributed by atoms with Crippen LogP contribution in [0, 0.1) is 30.1 Å². The lowest BCUT2D eigenvalue weighted by Crippen LogP contribution is -2.18. The van der Waals surface area contributed by atoms with Gasteiger partial charge in [-0.2, -0.15) is 10.4 Å². The number of amides is 1. The van der Waals surface area contributed by atoms with Crippen molar-refractivity contribution in [2.45, 2.75) is 26.2 Å². The topological polar surface area (TPSA) is 113 Å². The number of nitriles is 1. The number of aryl methyl sites for hydroxylation is 2. The number of aromatic nitrogens is 5. The molecule has 0 radical (unpaired) electrons. The number of anilines is 3. The molecule has 0 bridgehead atoms. The standard InChI is InChI=1S/C30H26N8O/c1-20-10-11-22(29(39)36-27-9-5-8-26(35-27)30(2,3)19-31)15-21(20)12-13-24-17-32-28-25(7-6-14-38(24)28)34-23-16-33-37(4)18-23/h5-11,14-18,34H,1-4H3,(H,35,36,39). The molecule has 0 aliphatic heterocycles. The lowest BCUT2D eigenvalue weighted by molar-refractivity contribution is 0.102. The molecule has 0 spiro atoms. The van der Waals surface area contributed by atoms with Crippen LogP contribution in [-0.4, -0.2) is 30.1 Å². The van der Waals surface area contributed by atoms with Crippen molar-refractivity contribution < 1.29 is 4.79 Å². The van der Waals surface area contributed by atoms with Crippen LogP contribution in [0.4, 0.5) is 17.2 Å². The maximum absolute atomic E-state index is 13.0. The molecule has 0 unspecified atom stereocenters. The van der Waals surface area contributed by atoms with Gasteiger partial charge in [-0.15, -0.1) is 0 Å². The Morgan fingerprint density at radius 1 is 1.08 bits per heavy atom. The van der Waals surface area contributed by atoms with E-state index in [0.717, 1.165) is 33.8 Å². The second-order valence-corrected chi connectivity index (χ2v) is 9.67. The number of carbonyl (C=O) groups is 1. The summed E-state index contributed by atoms with van der Waals surface area (Å²) in [5.74, 6) is 6.48. The predicted octanol–water partition coefficient (Wildman–Crippen LogP) is 4.97. The average Bonchev–Trinajstić information content (AvgIpc) is 3.54. The lowest BCUT2D eigenvalue weighted by Gasteiger charge is -2.15. The summed E-state index contributed by atoms with van der Waals surface area (Å²) in [7, 11) is 1.86. The van der Waals surface area contributed by atoms with Gasteiger partial charge in [0.1, 0.15) is 11.5 Å². The SMILES string of the molecule is Cc1ccc(C(=O)Nc2cccc(C(C)(C)C#N)n2)cc1C#Cc1cnc2c(Nc3cnn(C)c3)cccn12. The first-order valence-electron chi connectivity index (χ1n) is 12.3. The smallest absolute Gasteiger partial charge is 0.256 e. The van der Waals surface area contributed by atoms with Gasteiger partial charge in [0.05, 0.1) is 40.9 Å². The van der Waals surface area contributed by atoms with Crippen molar-refractivity contribution in [1.29, 1.82) is 5.26 Å². The Morgan fingerprint density at radius 3 is 2.69 bits per heavy atom. The minimum atomic E-state index is -0.763. The summed E-state index contributed by atoms with van der Waals surface area (Å²) in [6.07, 6.45) is 7.27. The second kappa shape index (κ2) is 10.2. The third kappa shape index (κ3) is 5.34. The summed E-state index contributed by atoms with van der Waals surface area (Å²) in [4.78, 5) is 22.0. The van der Waals surface area contributed by atoms with Crippen LogP contribution in [0.3, 0.4) is 0 Å². The average molecular weight is 515 g/mol. The van der Waals surface area contributed by atoms with Crippen molar-refractivity contribution in [2.24, 2.45) is 7.05 Å². The molecule has 0 saturated heterocycles. The Kier molecular flexibility index (Phi) is 6.57. The fourth-order valence-electron chi connectivity index (χ4n) is 3.97. The number of imidazole rings is 1. The molecule has 0 aliphatic carbocycles. The number of pyridine rings is 2. The Bertz CT molecular complexity index is 1810. The monoisotopic (exact) mass is 514 g/mol. The molecule has 39 heavy (non-hydrogen) atoms. The number of hydrogen-bond donors (Lipinski definition) is 2. The van der Waals surface area contributed by atoms with Crippen LogP contribution < -0.4 is 10.6 Å². The van der Waals surface area contributed by atoms with Gasteiger partial charge in [-0.25, -0.2) is 9.97 Å². The Hall–Kier alpha value is -5.41. The van der Waals surface area contributed by atoms with Crippen LogP contribution in [0.2, 0.25) is 0 Å². The molecule has 9 heteroatoms. The highest BCUT2D eigenvalue weighted by Crippen LogP contribution is 2.23. The molecule has 0 fully saturated rings. The number of nitrogens with zero attached hydrogens (tertiary/aromatic N) is 6. The Morgan fingerprint density at radius 2 is 1.92 bits per heavy atom. The van der Waals surface area contributed by atoms with Crippen LogP contribution in [0.1, 0.15) is 46.7 Å². The number of fused-ring (bicyclic) bond motifs is 1. The number of hydrogen-bond acceptors (Lipinski definition) is 6. The molecule has 0 atom stereocenters. The quantitative estimate of drug-likeness (QED) is 0.320. The first kappa shape index (κ1) is 25.2. The Balaban J connectivity index is 1.39. The molecule has 4 aromatic heterocycles. The molecular formula is C30H26N8O. The minimum absolute atomic E-state index is 0.307. The van der Waals surface area contributed by atoms with Gasteiger partial charge in [0.2, 0.25) is 0 Å². The molecule has 192 valence electrons.